The molecule has 6 heteroatoms. The molecule has 1 N–H and O–H groups in total. The number of nitrogens with one attached hydrogen (secondary N) is 1. The summed E-state index contributed by atoms with van der Waals surface area (Å²) < 4.78 is 16.9. The predicted molar refractivity (Wildman–Crippen MR) is 126 cm³/mol. The lowest BCUT2D eigenvalue weighted by molar-refractivity contribution is 0.122. The molecule has 0 bridgehead atoms. The second-order valence-electron chi connectivity index (χ2n) is 7.40. The van der Waals surface area contributed by atoms with Gasteiger partial charge in [-0.15, -0.1) is 0 Å². The normalized spacial score (nSPS) is 13.7. The second kappa shape index (κ2) is 10.4. The van der Waals surface area contributed by atoms with Crippen LogP contribution in [0.2, 0.25) is 5.02 Å². The second-order valence-corrected chi connectivity index (χ2v) is 7.84. The minimum absolute atomic E-state index is 0.435. The van der Waals surface area contributed by atoms with E-state index >= 15 is 0 Å². The van der Waals surface area contributed by atoms with Crippen molar-refractivity contribution in [2.45, 2.75) is 13.2 Å². The van der Waals surface area contributed by atoms with Gasteiger partial charge in [-0.05, 0) is 59.7 Å². The first-order valence-electron chi connectivity index (χ1n) is 10.4. The van der Waals surface area contributed by atoms with E-state index in [1.54, 1.807) is 7.11 Å². The van der Waals surface area contributed by atoms with Crippen molar-refractivity contribution in [2.24, 2.45) is 0 Å². The standard InChI is InChI=1S/C25H27ClN2O3/c1-29-25-16-19(5-10-24(25)31-18-20-3-2-4-21(26)15-20)17-27-22-6-8-23(9-7-22)28-11-13-30-14-12-28/h2-10,15-16,27H,11-14,17-18H2,1H3. The Balaban J connectivity index is 1.34. The van der Waals surface area contributed by atoms with Crippen LogP contribution in [0.1, 0.15) is 11.1 Å². The van der Waals surface area contributed by atoms with Crippen LogP contribution in [-0.4, -0.2) is 33.4 Å². The molecule has 0 saturated carbocycles. The lowest BCUT2D eigenvalue weighted by atomic mass is 10.2. The van der Waals surface area contributed by atoms with Crippen LogP contribution in [0.15, 0.2) is 66.7 Å². The van der Waals surface area contributed by atoms with Gasteiger partial charge in [-0.25, -0.2) is 0 Å². The predicted octanol–water partition coefficient (Wildman–Crippen LogP) is 5.38. The number of hydrogen-bond donors (Lipinski definition) is 1. The van der Waals surface area contributed by atoms with Crippen molar-refractivity contribution in [1.82, 2.24) is 0 Å². The SMILES string of the molecule is COc1cc(CNc2ccc(N3CCOCC3)cc2)ccc1OCc1cccc(Cl)c1. The van der Waals surface area contributed by atoms with Gasteiger partial charge in [0, 0.05) is 36.0 Å². The van der Waals surface area contributed by atoms with E-state index in [0.29, 0.717) is 29.7 Å². The van der Waals surface area contributed by atoms with E-state index in [9.17, 15) is 0 Å². The molecule has 0 aliphatic carbocycles. The number of anilines is 2. The summed E-state index contributed by atoms with van der Waals surface area (Å²) in [5, 5.41) is 4.17. The average molecular weight is 439 g/mol. The minimum atomic E-state index is 0.435. The number of hydrogen-bond acceptors (Lipinski definition) is 5. The number of ether oxygens (including phenoxy) is 3. The molecule has 162 valence electrons. The summed E-state index contributed by atoms with van der Waals surface area (Å²) in [7, 11) is 1.66. The van der Waals surface area contributed by atoms with E-state index in [1.165, 1.54) is 5.69 Å². The van der Waals surface area contributed by atoms with Crippen molar-refractivity contribution in [1.29, 1.82) is 0 Å². The maximum atomic E-state index is 6.04. The Morgan fingerprint density at radius 1 is 0.935 bits per heavy atom. The Morgan fingerprint density at radius 3 is 2.48 bits per heavy atom. The summed E-state index contributed by atoms with van der Waals surface area (Å²) in [4.78, 5) is 2.35. The van der Waals surface area contributed by atoms with Gasteiger partial charge in [-0.1, -0.05) is 29.8 Å². The summed E-state index contributed by atoms with van der Waals surface area (Å²) in [6.07, 6.45) is 0. The Morgan fingerprint density at radius 2 is 1.74 bits per heavy atom. The van der Waals surface area contributed by atoms with Crippen LogP contribution >= 0.6 is 11.6 Å². The van der Waals surface area contributed by atoms with Gasteiger partial charge < -0.3 is 24.4 Å². The van der Waals surface area contributed by atoms with E-state index in [4.69, 9.17) is 25.8 Å². The Bertz CT molecular complexity index is 988. The molecule has 1 aliphatic rings. The van der Waals surface area contributed by atoms with Crippen LogP contribution in [0, 0.1) is 0 Å². The Kier molecular flexibility index (Phi) is 7.18. The molecule has 5 nitrogen and oxygen atoms in total. The summed E-state index contributed by atoms with van der Waals surface area (Å²) in [6.45, 7) is 4.60. The van der Waals surface area contributed by atoms with Gasteiger partial charge in [0.1, 0.15) is 6.61 Å². The van der Waals surface area contributed by atoms with Crippen molar-refractivity contribution >= 4 is 23.0 Å². The number of nitrogens with zero attached hydrogens (tertiary/aromatic N) is 1. The highest BCUT2D eigenvalue weighted by atomic mass is 35.5. The van der Waals surface area contributed by atoms with Crippen molar-refractivity contribution in [3.63, 3.8) is 0 Å². The lowest BCUT2D eigenvalue weighted by Gasteiger charge is -2.28. The Labute approximate surface area is 188 Å². The van der Waals surface area contributed by atoms with E-state index in [0.717, 1.165) is 43.1 Å². The molecular formula is C25H27ClN2O3. The van der Waals surface area contributed by atoms with Gasteiger partial charge in [0.25, 0.3) is 0 Å². The third kappa shape index (κ3) is 5.84. The number of rotatable bonds is 8. The lowest BCUT2D eigenvalue weighted by Crippen LogP contribution is -2.36. The fourth-order valence-electron chi connectivity index (χ4n) is 3.54. The quantitative estimate of drug-likeness (QED) is 0.511. The van der Waals surface area contributed by atoms with Crippen LogP contribution in [-0.2, 0) is 17.9 Å². The van der Waals surface area contributed by atoms with E-state index < -0.39 is 0 Å². The molecule has 0 spiro atoms. The fourth-order valence-corrected chi connectivity index (χ4v) is 3.76. The zero-order valence-corrected chi connectivity index (χ0v) is 18.4. The monoisotopic (exact) mass is 438 g/mol. The average Bonchev–Trinajstić information content (AvgIpc) is 2.82. The highest BCUT2D eigenvalue weighted by Gasteiger charge is 2.11. The third-order valence-electron chi connectivity index (χ3n) is 5.25. The molecule has 31 heavy (non-hydrogen) atoms. The maximum absolute atomic E-state index is 6.04. The molecule has 1 fully saturated rings. The summed E-state index contributed by atoms with van der Waals surface area (Å²) in [5.74, 6) is 1.42. The summed E-state index contributed by atoms with van der Waals surface area (Å²) >= 11 is 6.04. The van der Waals surface area contributed by atoms with Gasteiger partial charge in [0.15, 0.2) is 11.5 Å². The minimum Gasteiger partial charge on any atom is -0.493 e. The molecule has 0 unspecified atom stereocenters. The van der Waals surface area contributed by atoms with E-state index in [-0.39, 0.29) is 0 Å². The first-order valence-corrected chi connectivity index (χ1v) is 10.8. The molecule has 0 radical (unpaired) electrons. The number of morpholine rings is 1. The van der Waals surface area contributed by atoms with Crippen molar-refractivity contribution in [3.8, 4) is 11.5 Å². The van der Waals surface area contributed by atoms with Crippen molar-refractivity contribution in [3.05, 3.63) is 82.9 Å². The molecule has 0 amide bonds. The molecule has 1 aliphatic heterocycles. The molecule has 1 heterocycles. The van der Waals surface area contributed by atoms with Crippen LogP contribution < -0.4 is 19.7 Å². The van der Waals surface area contributed by atoms with Crippen LogP contribution in [0.3, 0.4) is 0 Å². The highest BCUT2D eigenvalue weighted by molar-refractivity contribution is 6.30. The molecular weight excluding hydrogens is 412 g/mol. The molecule has 4 rings (SSSR count). The Hall–Kier alpha value is -2.89. The first-order chi connectivity index (χ1) is 15.2. The molecule has 0 atom stereocenters. The zero-order chi connectivity index (χ0) is 21.5. The highest BCUT2D eigenvalue weighted by Crippen LogP contribution is 2.29. The first kappa shape index (κ1) is 21.3. The van der Waals surface area contributed by atoms with Gasteiger partial charge in [0.2, 0.25) is 0 Å². The smallest absolute Gasteiger partial charge is 0.161 e. The molecule has 3 aromatic carbocycles. The van der Waals surface area contributed by atoms with Crippen molar-refractivity contribution < 1.29 is 14.2 Å². The van der Waals surface area contributed by atoms with Gasteiger partial charge in [-0.3, -0.25) is 0 Å². The number of halogens is 1. The van der Waals surface area contributed by atoms with E-state index in [2.05, 4.69) is 34.5 Å². The van der Waals surface area contributed by atoms with Crippen LogP contribution in [0.4, 0.5) is 11.4 Å². The van der Waals surface area contributed by atoms with Gasteiger partial charge in [-0.2, -0.15) is 0 Å². The van der Waals surface area contributed by atoms with Crippen molar-refractivity contribution in [2.75, 3.05) is 43.6 Å². The summed E-state index contributed by atoms with van der Waals surface area (Å²) in [5.41, 5.74) is 4.44. The van der Waals surface area contributed by atoms with E-state index in [1.807, 2.05) is 42.5 Å². The van der Waals surface area contributed by atoms with Gasteiger partial charge >= 0.3 is 0 Å². The molecule has 0 aromatic heterocycles. The number of methoxy groups -OCH3 is 1. The maximum Gasteiger partial charge on any atom is 0.161 e. The van der Waals surface area contributed by atoms with Gasteiger partial charge in [0.05, 0.1) is 20.3 Å². The van der Waals surface area contributed by atoms with Crippen LogP contribution in [0.5, 0.6) is 11.5 Å². The van der Waals surface area contributed by atoms with Crippen LogP contribution in [0.25, 0.3) is 0 Å². The largest absolute Gasteiger partial charge is 0.493 e. The fraction of sp³-hybridized carbons (Fsp3) is 0.280. The third-order valence-corrected chi connectivity index (χ3v) is 5.49. The molecule has 1 saturated heterocycles. The number of benzene rings is 3. The zero-order valence-electron chi connectivity index (χ0n) is 17.6. The topological polar surface area (TPSA) is 43.0 Å². The summed E-state index contributed by atoms with van der Waals surface area (Å²) in [6, 6.07) is 22.2. The molecule has 3 aromatic rings.